The van der Waals surface area contributed by atoms with E-state index in [0.717, 1.165) is 31.0 Å². The molecule has 5 heteroatoms. The van der Waals surface area contributed by atoms with E-state index in [1.807, 2.05) is 6.20 Å². The lowest BCUT2D eigenvalue weighted by atomic mass is 9.97. The van der Waals surface area contributed by atoms with Gasteiger partial charge in [-0.1, -0.05) is 13.3 Å². The normalized spacial score (nSPS) is 19.3. The van der Waals surface area contributed by atoms with Gasteiger partial charge < -0.3 is 9.55 Å². The minimum absolute atomic E-state index is 0.546. The van der Waals surface area contributed by atoms with Crippen LogP contribution in [0.5, 0.6) is 0 Å². The number of hydrogen-bond donors (Lipinski definition) is 1. The molecule has 1 fully saturated rings. The van der Waals surface area contributed by atoms with Gasteiger partial charge in [0, 0.05) is 50.6 Å². The summed E-state index contributed by atoms with van der Waals surface area (Å²) in [6, 6.07) is 0. The standard InChI is InChI=1S/C18H29N5/c1-4-5-8-17-19-10-16(21-17)13-23-9-6-7-15(12-23)18-20-14(2)11-22(18)3/h10-11,15H,4-9,12-13H2,1-3H3,(H,19,21)/t15-/m1/s1. The summed E-state index contributed by atoms with van der Waals surface area (Å²) in [4.78, 5) is 15.3. The number of aromatic nitrogens is 4. The quantitative estimate of drug-likeness (QED) is 0.891. The number of hydrogen-bond acceptors (Lipinski definition) is 3. The van der Waals surface area contributed by atoms with Gasteiger partial charge in [0.1, 0.15) is 11.6 Å². The Morgan fingerprint density at radius 3 is 3.00 bits per heavy atom. The van der Waals surface area contributed by atoms with Gasteiger partial charge in [0.05, 0.1) is 5.69 Å². The Hall–Kier alpha value is -1.62. The van der Waals surface area contributed by atoms with Gasteiger partial charge in [0.15, 0.2) is 0 Å². The third-order valence-corrected chi connectivity index (χ3v) is 4.75. The molecule has 0 amide bonds. The van der Waals surface area contributed by atoms with Gasteiger partial charge in [0.25, 0.3) is 0 Å². The van der Waals surface area contributed by atoms with Crippen LogP contribution < -0.4 is 0 Å². The zero-order chi connectivity index (χ0) is 16.2. The van der Waals surface area contributed by atoms with Gasteiger partial charge in [-0.15, -0.1) is 0 Å². The molecule has 2 aromatic rings. The summed E-state index contributed by atoms with van der Waals surface area (Å²) >= 11 is 0. The van der Waals surface area contributed by atoms with Crippen molar-refractivity contribution < 1.29 is 0 Å². The first-order chi connectivity index (χ1) is 11.2. The van der Waals surface area contributed by atoms with Crippen LogP contribution in [0.25, 0.3) is 0 Å². The average Bonchev–Trinajstić information content (AvgIpc) is 3.11. The Labute approximate surface area is 139 Å². The Balaban J connectivity index is 1.60. The predicted molar refractivity (Wildman–Crippen MR) is 92.4 cm³/mol. The van der Waals surface area contributed by atoms with Crippen LogP contribution in [0, 0.1) is 6.92 Å². The number of likely N-dealkylation sites (tertiary alicyclic amines) is 1. The fourth-order valence-corrected chi connectivity index (χ4v) is 3.62. The molecular formula is C18H29N5. The second kappa shape index (κ2) is 7.30. The van der Waals surface area contributed by atoms with Crippen LogP contribution >= 0.6 is 0 Å². The summed E-state index contributed by atoms with van der Waals surface area (Å²) in [6.07, 6.45) is 10.1. The van der Waals surface area contributed by atoms with Gasteiger partial charge in [-0.05, 0) is 32.7 Å². The fraction of sp³-hybridized carbons (Fsp3) is 0.667. The van der Waals surface area contributed by atoms with E-state index in [4.69, 9.17) is 4.98 Å². The zero-order valence-corrected chi connectivity index (χ0v) is 14.7. The molecule has 3 heterocycles. The molecule has 5 nitrogen and oxygen atoms in total. The van der Waals surface area contributed by atoms with Crippen molar-refractivity contribution in [1.29, 1.82) is 0 Å². The first kappa shape index (κ1) is 16.2. The Morgan fingerprint density at radius 2 is 2.26 bits per heavy atom. The summed E-state index contributed by atoms with van der Waals surface area (Å²) in [5.74, 6) is 2.92. The van der Waals surface area contributed by atoms with Crippen molar-refractivity contribution in [2.75, 3.05) is 13.1 Å². The molecule has 0 bridgehead atoms. The highest BCUT2D eigenvalue weighted by atomic mass is 15.2. The van der Waals surface area contributed by atoms with E-state index in [1.54, 1.807) is 0 Å². The molecule has 0 saturated carbocycles. The Bertz CT molecular complexity index is 627. The molecule has 0 unspecified atom stereocenters. The van der Waals surface area contributed by atoms with Crippen LogP contribution in [0.2, 0.25) is 0 Å². The van der Waals surface area contributed by atoms with Crippen LogP contribution in [0.15, 0.2) is 12.4 Å². The Morgan fingerprint density at radius 1 is 1.39 bits per heavy atom. The average molecular weight is 315 g/mol. The number of piperidine rings is 1. The molecule has 126 valence electrons. The molecule has 1 aliphatic heterocycles. The van der Waals surface area contributed by atoms with Crippen LogP contribution in [0.4, 0.5) is 0 Å². The van der Waals surface area contributed by atoms with E-state index >= 15 is 0 Å². The van der Waals surface area contributed by atoms with Gasteiger partial charge in [0.2, 0.25) is 0 Å². The maximum atomic E-state index is 4.73. The number of nitrogens with zero attached hydrogens (tertiary/aromatic N) is 4. The van der Waals surface area contributed by atoms with Crippen molar-refractivity contribution >= 4 is 0 Å². The minimum atomic E-state index is 0.546. The first-order valence-corrected chi connectivity index (χ1v) is 8.90. The summed E-state index contributed by atoms with van der Waals surface area (Å²) in [5.41, 5.74) is 2.36. The van der Waals surface area contributed by atoms with Crippen LogP contribution in [-0.4, -0.2) is 37.5 Å². The van der Waals surface area contributed by atoms with Crippen molar-refractivity contribution in [2.45, 2.75) is 58.4 Å². The van der Waals surface area contributed by atoms with E-state index in [1.165, 1.54) is 43.7 Å². The maximum Gasteiger partial charge on any atom is 0.113 e. The number of nitrogens with one attached hydrogen (secondary N) is 1. The highest BCUT2D eigenvalue weighted by molar-refractivity contribution is 5.09. The van der Waals surface area contributed by atoms with Gasteiger partial charge >= 0.3 is 0 Å². The van der Waals surface area contributed by atoms with Crippen molar-refractivity contribution in [3.63, 3.8) is 0 Å². The van der Waals surface area contributed by atoms with Crippen molar-refractivity contribution in [3.05, 3.63) is 35.4 Å². The molecule has 1 atom stereocenters. The minimum Gasteiger partial charge on any atom is -0.345 e. The summed E-state index contributed by atoms with van der Waals surface area (Å²) in [7, 11) is 2.11. The van der Waals surface area contributed by atoms with Crippen molar-refractivity contribution in [3.8, 4) is 0 Å². The van der Waals surface area contributed by atoms with Gasteiger partial charge in [-0.2, -0.15) is 0 Å². The van der Waals surface area contributed by atoms with E-state index in [-0.39, 0.29) is 0 Å². The topological polar surface area (TPSA) is 49.7 Å². The monoisotopic (exact) mass is 315 g/mol. The van der Waals surface area contributed by atoms with Crippen LogP contribution in [-0.2, 0) is 20.0 Å². The summed E-state index contributed by atoms with van der Waals surface area (Å²) < 4.78 is 2.20. The number of imidazole rings is 2. The van der Waals surface area contributed by atoms with Crippen molar-refractivity contribution in [1.82, 2.24) is 24.4 Å². The third kappa shape index (κ3) is 4.02. The molecule has 1 saturated heterocycles. The molecule has 1 aliphatic rings. The molecule has 3 rings (SSSR count). The molecule has 0 spiro atoms. The molecule has 1 N–H and O–H groups in total. The van der Waals surface area contributed by atoms with E-state index < -0.39 is 0 Å². The highest BCUT2D eigenvalue weighted by Crippen LogP contribution is 2.26. The summed E-state index contributed by atoms with van der Waals surface area (Å²) in [6.45, 7) is 7.53. The number of H-pyrrole nitrogens is 1. The molecule has 2 aromatic heterocycles. The van der Waals surface area contributed by atoms with Crippen LogP contribution in [0.1, 0.15) is 61.6 Å². The lowest BCUT2D eigenvalue weighted by molar-refractivity contribution is 0.193. The lowest BCUT2D eigenvalue weighted by Crippen LogP contribution is -2.34. The van der Waals surface area contributed by atoms with E-state index in [2.05, 4.69) is 46.5 Å². The van der Waals surface area contributed by atoms with Gasteiger partial charge in [-0.3, -0.25) is 4.90 Å². The van der Waals surface area contributed by atoms with Crippen LogP contribution in [0.3, 0.4) is 0 Å². The Kier molecular flexibility index (Phi) is 5.16. The molecule has 0 aliphatic carbocycles. The lowest BCUT2D eigenvalue weighted by Gasteiger charge is -2.32. The number of aromatic amines is 1. The molecule has 0 radical (unpaired) electrons. The summed E-state index contributed by atoms with van der Waals surface area (Å²) in [5, 5.41) is 0. The number of rotatable bonds is 6. The van der Waals surface area contributed by atoms with E-state index in [9.17, 15) is 0 Å². The third-order valence-electron chi connectivity index (χ3n) is 4.75. The molecular weight excluding hydrogens is 286 g/mol. The zero-order valence-electron chi connectivity index (χ0n) is 14.7. The SMILES string of the molecule is CCCCc1ncc(CN2CCC[C@@H](c3nc(C)cn3C)C2)[nH]1. The van der Waals surface area contributed by atoms with E-state index in [0.29, 0.717) is 5.92 Å². The highest BCUT2D eigenvalue weighted by Gasteiger charge is 2.24. The largest absolute Gasteiger partial charge is 0.345 e. The fourth-order valence-electron chi connectivity index (χ4n) is 3.62. The van der Waals surface area contributed by atoms with Gasteiger partial charge in [-0.25, -0.2) is 9.97 Å². The smallest absolute Gasteiger partial charge is 0.113 e. The molecule has 23 heavy (non-hydrogen) atoms. The first-order valence-electron chi connectivity index (χ1n) is 8.90. The number of unbranched alkanes of at least 4 members (excludes halogenated alkanes) is 1. The molecule has 0 aromatic carbocycles. The van der Waals surface area contributed by atoms with Crippen molar-refractivity contribution in [2.24, 2.45) is 7.05 Å². The maximum absolute atomic E-state index is 4.73. The second-order valence-corrected chi connectivity index (χ2v) is 6.88. The second-order valence-electron chi connectivity index (χ2n) is 6.88. The predicted octanol–water partition coefficient (Wildman–Crippen LogP) is 3.17. The number of aryl methyl sites for hydroxylation is 3.